The first-order valence-electron chi connectivity index (χ1n) is 8.14. The summed E-state index contributed by atoms with van der Waals surface area (Å²) in [4.78, 5) is 17.1. The number of halogens is 1. The lowest BCUT2D eigenvalue weighted by Gasteiger charge is -2.06. The van der Waals surface area contributed by atoms with Gasteiger partial charge in [-0.15, -0.1) is 0 Å². The molecule has 0 fully saturated rings. The normalized spacial score (nSPS) is 11.9. The number of hydrogen-bond acceptors (Lipinski definition) is 4. The lowest BCUT2D eigenvalue weighted by Crippen LogP contribution is -2.20. The molecule has 6 nitrogen and oxygen atoms in total. The molecule has 0 aliphatic carbocycles. The summed E-state index contributed by atoms with van der Waals surface area (Å²) in [6.45, 7) is 8.56. The number of aromatic nitrogens is 4. The van der Waals surface area contributed by atoms with Gasteiger partial charge in [-0.2, -0.15) is 14.9 Å². The molecule has 130 valence electrons. The van der Waals surface area contributed by atoms with Crippen molar-refractivity contribution < 1.29 is 0 Å². The van der Waals surface area contributed by atoms with E-state index in [4.69, 9.17) is 11.6 Å². The van der Waals surface area contributed by atoms with Crippen LogP contribution in [0.5, 0.6) is 0 Å². The molecule has 0 N–H and O–H groups in total. The molecule has 7 heteroatoms. The van der Waals surface area contributed by atoms with Crippen LogP contribution in [0.4, 0.5) is 0 Å². The summed E-state index contributed by atoms with van der Waals surface area (Å²) in [5, 5.41) is 9.82. The largest absolute Gasteiger partial charge is 0.282 e. The van der Waals surface area contributed by atoms with Crippen LogP contribution in [0.15, 0.2) is 34.2 Å². The first kappa shape index (κ1) is 17.4. The number of fused-ring (bicyclic) bond motifs is 1. The number of benzene rings is 1. The quantitative estimate of drug-likeness (QED) is 0.672. The number of rotatable bonds is 4. The predicted octanol–water partition coefficient (Wildman–Crippen LogP) is 3.40. The van der Waals surface area contributed by atoms with E-state index in [0.29, 0.717) is 33.4 Å². The summed E-state index contributed by atoms with van der Waals surface area (Å²) in [5.41, 5.74) is 1.94. The van der Waals surface area contributed by atoms with E-state index in [2.05, 4.69) is 29.0 Å². The minimum atomic E-state index is -0.206. The Morgan fingerprint density at radius 2 is 2.00 bits per heavy atom. The Balaban J connectivity index is 2.05. The third-order valence-electron chi connectivity index (χ3n) is 3.87. The van der Waals surface area contributed by atoms with Crippen molar-refractivity contribution in [3.8, 4) is 0 Å². The Bertz CT molecular complexity index is 1020. The van der Waals surface area contributed by atoms with E-state index in [9.17, 15) is 4.79 Å². The molecule has 2 aromatic heterocycles. The highest BCUT2D eigenvalue weighted by atomic mass is 35.5. The molecule has 0 spiro atoms. The minimum Gasteiger partial charge on any atom is -0.267 e. The molecule has 2 heterocycles. The number of hydrogen-bond donors (Lipinski definition) is 0. The summed E-state index contributed by atoms with van der Waals surface area (Å²) in [6, 6.07) is 7.23. The van der Waals surface area contributed by atoms with Gasteiger partial charge < -0.3 is 0 Å². The van der Waals surface area contributed by atoms with Crippen LogP contribution in [0.1, 0.15) is 30.9 Å². The van der Waals surface area contributed by atoms with Crippen molar-refractivity contribution in [3.63, 3.8) is 0 Å². The molecule has 3 rings (SSSR count). The van der Waals surface area contributed by atoms with Crippen LogP contribution in [-0.2, 0) is 6.54 Å². The van der Waals surface area contributed by atoms with E-state index < -0.39 is 0 Å². The second kappa shape index (κ2) is 6.80. The first-order valence-corrected chi connectivity index (χ1v) is 8.52. The van der Waals surface area contributed by atoms with Crippen LogP contribution in [0, 0.1) is 19.8 Å². The van der Waals surface area contributed by atoms with Gasteiger partial charge in [-0.05, 0) is 31.9 Å². The molecule has 1 aromatic carbocycles. The first-order chi connectivity index (χ1) is 11.9. The molecule has 25 heavy (non-hydrogen) atoms. The predicted molar refractivity (Wildman–Crippen MR) is 101 cm³/mol. The van der Waals surface area contributed by atoms with Crippen molar-refractivity contribution >= 4 is 28.7 Å². The zero-order valence-electron chi connectivity index (χ0n) is 14.7. The standard InChI is InChI=1S/C18H20ClN5O/c1-11(2)10-23-17(19)15(12(3)22-23)9-20-24-13(4)21-16-8-6-5-7-14(16)18(24)25/h5-9,11H,10H2,1-4H3/b20-9-. The maximum Gasteiger partial charge on any atom is 0.282 e. The van der Waals surface area contributed by atoms with E-state index in [1.807, 2.05) is 25.1 Å². The summed E-state index contributed by atoms with van der Waals surface area (Å²) >= 11 is 6.42. The minimum absolute atomic E-state index is 0.206. The third-order valence-corrected chi connectivity index (χ3v) is 4.26. The molecule has 0 saturated carbocycles. The van der Waals surface area contributed by atoms with Gasteiger partial charge in [0.25, 0.3) is 5.56 Å². The van der Waals surface area contributed by atoms with Crippen molar-refractivity contribution in [2.75, 3.05) is 0 Å². The summed E-state index contributed by atoms with van der Waals surface area (Å²) < 4.78 is 3.05. The molecule has 0 saturated heterocycles. The molecule has 3 aromatic rings. The summed E-state index contributed by atoms with van der Waals surface area (Å²) in [6.07, 6.45) is 1.58. The van der Waals surface area contributed by atoms with Gasteiger partial charge in [-0.25, -0.2) is 4.98 Å². The fraction of sp³-hybridized carbons (Fsp3) is 0.333. The molecule has 0 amide bonds. The lowest BCUT2D eigenvalue weighted by atomic mass is 10.2. The molecule has 0 bridgehead atoms. The SMILES string of the molecule is Cc1nn(CC(C)C)c(Cl)c1/C=N\n1c(C)nc2ccccc2c1=O. The Morgan fingerprint density at radius 3 is 2.72 bits per heavy atom. The molecule has 0 aliphatic heterocycles. The highest BCUT2D eigenvalue weighted by Crippen LogP contribution is 2.19. The Morgan fingerprint density at radius 1 is 1.28 bits per heavy atom. The van der Waals surface area contributed by atoms with E-state index >= 15 is 0 Å². The molecule has 0 atom stereocenters. The van der Waals surface area contributed by atoms with Crippen molar-refractivity contribution in [1.82, 2.24) is 19.4 Å². The Labute approximate surface area is 150 Å². The fourth-order valence-corrected chi connectivity index (χ4v) is 2.96. The van der Waals surface area contributed by atoms with Crippen molar-refractivity contribution in [1.29, 1.82) is 0 Å². The van der Waals surface area contributed by atoms with Crippen molar-refractivity contribution in [2.45, 2.75) is 34.2 Å². The van der Waals surface area contributed by atoms with Crippen LogP contribution in [0.25, 0.3) is 10.9 Å². The number of aryl methyl sites for hydroxylation is 2. The van der Waals surface area contributed by atoms with Gasteiger partial charge in [-0.1, -0.05) is 37.6 Å². The fourth-order valence-electron chi connectivity index (χ4n) is 2.67. The van der Waals surface area contributed by atoms with Gasteiger partial charge in [0.15, 0.2) is 0 Å². The van der Waals surface area contributed by atoms with Crippen LogP contribution in [0.3, 0.4) is 0 Å². The third kappa shape index (κ3) is 3.35. The van der Waals surface area contributed by atoms with E-state index in [0.717, 1.165) is 12.2 Å². The van der Waals surface area contributed by atoms with Crippen LogP contribution < -0.4 is 5.56 Å². The maximum absolute atomic E-state index is 12.6. The highest BCUT2D eigenvalue weighted by Gasteiger charge is 2.13. The molecule has 0 unspecified atom stereocenters. The molecule has 0 radical (unpaired) electrons. The second-order valence-electron chi connectivity index (χ2n) is 6.40. The zero-order chi connectivity index (χ0) is 18.1. The van der Waals surface area contributed by atoms with Gasteiger partial charge in [0, 0.05) is 6.54 Å². The number of nitrogens with zero attached hydrogens (tertiary/aromatic N) is 5. The topological polar surface area (TPSA) is 65.1 Å². The average Bonchev–Trinajstić information content (AvgIpc) is 2.81. The molecular weight excluding hydrogens is 338 g/mol. The zero-order valence-corrected chi connectivity index (χ0v) is 15.4. The summed E-state index contributed by atoms with van der Waals surface area (Å²) in [7, 11) is 0. The highest BCUT2D eigenvalue weighted by molar-refractivity contribution is 6.32. The Hall–Kier alpha value is -2.47. The molecular formula is C18H20ClN5O. The monoisotopic (exact) mass is 357 g/mol. The van der Waals surface area contributed by atoms with E-state index in [-0.39, 0.29) is 5.56 Å². The van der Waals surface area contributed by atoms with Crippen LogP contribution >= 0.6 is 11.6 Å². The van der Waals surface area contributed by atoms with Gasteiger partial charge in [0.2, 0.25) is 0 Å². The van der Waals surface area contributed by atoms with Gasteiger partial charge in [0.1, 0.15) is 11.0 Å². The second-order valence-corrected chi connectivity index (χ2v) is 6.76. The van der Waals surface area contributed by atoms with Gasteiger partial charge in [-0.3, -0.25) is 9.48 Å². The summed E-state index contributed by atoms with van der Waals surface area (Å²) in [5.74, 6) is 0.944. The van der Waals surface area contributed by atoms with E-state index in [1.165, 1.54) is 4.68 Å². The van der Waals surface area contributed by atoms with Crippen LogP contribution in [0.2, 0.25) is 5.15 Å². The van der Waals surface area contributed by atoms with Crippen molar-refractivity contribution in [3.05, 3.63) is 56.9 Å². The molecule has 0 aliphatic rings. The smallest absolute Gasteiger partial charge is 0.267 e. The lowest BCUT2D eigenvalue weighted by molar-refractivity contribution is 0.482. The maximum atomic E-state index is 12.6. The van der Waals surface area contributed by atoms with E-state index in [1.54, 1.807) is 23.9 Å². The van der Waals surface area contributed by atoms with Gasteiger partial charge >= 0.3 is 0 Å². The van der Waals surface area contributed by atoms with Gasteiger partial charge in [0.05, 0.1) is 28.4 Å². The Kier molecular flexibility index (Phi) is 4.72. The average molecular weight is 358 g/mol. The van der Waals surface area contributed by atoms with Crippen molar-refractivity contribution in [2.24, 2.45) is 11.0 Å². The number of para-hydroxylation sites is 1. The van der Waals surface area contributed by atoms with Crippen LogP contribution in [-0.4, -0.2) is 25.7 Å².